The number of thiophene rings is 1. The van der Waals surface area contributed by atoms with E-state index in [2.05, 4.69) is 12.2 Å². The van der Waals surface area contributed by atoms with Gasteiger partial charge >= 0.3 is 5.97 Å². The number of likely N-dealkylation sites (tertiary alicyclic amines) is 1. The van der Waals surface area contributed by atoms with Gasteiger partial charge in [-0.1, -0.05) is 19.1 Å². The molecule has 1 aromatic heterocycles. The van der Waals surface area contributed by atoms with Crippen molar-refractivity contribution in [3.8, 4) is 11.1 Å². The average molecular weight is 406 g/mol. The van der Waals surface area contributed by atoms with Crippen molar-refractivity contribution in [1.82, 2.24) is 0 Å². The van der Waals surface area contributed by atoms with Crippen LogP contribution in [0.4, 0.5) is 9.39 Å². The van der Waals surface area contributed by atoms with Crippen LogP contribution in [0.3, 0.4) is 0 Å². The number of benzene rings is 1. The van der Waals surface area contributed by atoms with E-state index in [9.17, 15) is 14.0 Å². The number of hydrogen-bond acceptors (Lipinski definition) is 4. The van der Waals surface area contributed by atoms with E-state index in [4.69, 9.17) is 4.74 Å². The van der Waals surface area contributed by atoms with Crippen LogP contribution in [0.25, 0.3) is 11.1 Å². The van der Waals surface area contributed by atoms with E-state index in [-0.39, 0.29) is 18.3 Å². The zero-order valence-electron chi connectivity index (χ0n) is 16.2. The minimum absolute atomic E-state index is 0.109. The summed E-state index contributed by atoms with van der Waals surface area (Å²) in [5, 5.41) is 5.17. The Balaban J connectivity index is 1.80. The predicted molar refractivity (Wildman–Crippen MR) is 108 cm³/mol. The second-order valence-corrected chi connectivity index (χ2v) is 8.14. The third-order valence-electron chi connectivity index (χ3n) is 4.95. The van der Waals surface area contributed by atoms with Crippen LogP contribution in [-0.4, -0.2) is 38.1 Å². The lowest BCUT2D eigenvalue weighted by Crippen LogP contribution is -3.14. The minimum Gasteiger partial charge on any atom is -0.462 e. The van der Waals surface area contributed by atoms with Gasteiger partial charge in [0.1, 0.15) is 16.4 Å². The first kappa shape index (κ1) is 20.5. The van der Waals surface area contributed by atoms with Gasteiger partial charge in [0.05, 0.1) is 19.7 Å². The van der Waals surface area contributed by atoms with E-state index in [1.807, 2.05) is 0 Å². The molecule has 0 spiro atoms. The predicted octanol–water partition coefficient (Wildman–Crippen LogP) is 2.98. The van der Waals surface area contributed by atoms with Crippen molar-refractivity contribution < 1.29 is 23.6 Å². The molecule has 0 radical (unpaired) electrons. The Morgan fingerprint density at radius 1 is 1.32 bits per heavy atom. The van der Waals surface area contributed by atoms with Crippen LogP contribution < -0.4 is 10.2 Å². The summed E-state index contributed by atoms with van der Waals surface area (Å²) in [6.45, 7) is 6.56. The molecule has 2 N–H and O–H groups in total. The number of nitrogens with one attached hydrogen (secondary N) is 2. The standard InChI is InChI=1S/C21H25FN2O3S/c1-3-27-21(26)19-17(15-6-8-16(22)9-7-15)13-28-20(19)23-18(25)12-24-10-4-5-14(2)11-24/h6-9,13-14H,3-5,10-12H2,1-2H3,(H,23,25)/p+1/t14-/m1/s1. The average Bonchev–Trinajstić information content (AvgIpc) is 3.06. The van der Waals surface area contributed by atoms with E-state index < -0.39 is 5.97 Å². The van der Waals surface area contributed by atoms with Crippen molar-refractivity contribution in [2.24, 2.45) is 5.92 Å². The van der Waals surface area contributed by atoms with Gasteiger partial charge in [0, 0.05) is 16.9 Å². The van der Waals surface area contributed by atoms with Gasteiger partial charge in [0.25, 0.3) is 5.91 Å². The van der Waals surface area contributed by atoms with Gasteiger partial charge in [-0.2, -0.15) is 0 Å². The Kier molecular flexibility index (Phi) is 6.80. The van der Waals surface area contributed by atoms with Gasteiger partial charge in [-0.15, -0.1) is 11.3 Å². The smallest absolute Gasteiger partial charge is 0.341 e. The van der Waals surface area contributed by atoms with Crippen LogP contribution >= 0.6 is 11.3 Å². The zero-order chi connectivity index (χ0) is 20.1. The molecule has 1 aliphatic heterocycles. The van der Waals surface area contributed by atoms with Crippen LogP contribution in [0.2, 0.25) is 0 Å². The molecular formula is C21H26FN2O3S+. The number of piperidine rings is 1. The van der Waals surface area contributed by atoms with Crippen LogP contribution in [-0.2, 0) is 9.53 Å². The molecule has 0 bridgehead atoms. The Hall–Kier alpha value is -2.25. The summed E-state index contributed by atoms with van der Waals surface area (Å²) >= 11 is 1.28. The lowest BCUT2D eigenvalue weighted by atomic mass is 10.0. The number of ether oxygens (including phenoxy) is 1. The second kappa shape index (κ2) is 9.30. The molecular weight excluding hydrogens is 379 g/mol. The highest BCUT2D eigenvalue weighted by Gasteiger charge is 2.26. The summed E-state index contributed by atoms with van der Waals surface area (Å²) < 4.78 is 18.5. The normalized spacial score (nSPS) is 19.2. The molecule has 0 aliphatic carbocycles. The van der Waals surface area contributed by atoms with Crippen LogP contribution in [0, 0.1) is 11.7 Å². The number of amides is 1. The quantitative estimate of drug-likeness (QED) is 0.727. The number of anilines is 1. The fourth-order valence-electron chi connectivity index (χ4n) is 3.65. The van der Waals surface area contributed by atoms with Crippen molar-refractivity contribution in [1.29, 1.82) is 0 Å². The van der Waals surface area contributed by atoms with Crippen molar-refractivity contribution in [3.63, 3.8) is 0 Å². The summed E-state index contributed by atoms with van der Waals surface area (Å²) in [6.07, 6.45) is 2.34. The molecule has 2 atom stereocenters. The number of quaternary nitrogens is 1. The molecule has 2 heterocycles. The molecule has 1 unspecified atom stereocenters. The highest BCUT2D eigenvalue weighted by Crippen LogP contribution is 2.36. The van der Waals surface area contributed by atoms with E-state index >= 15 is 0 Å². The first-order valence-electron chi connectivity index (χ1n) is 9.66. The third kappa shape index (κ3) is 4.97. The number of rotatable bonds is 6. The molecule has 0 saturated carbocycles. The van der Waals surface area contributed by atoms with Gasteiger partial charge in [0.15, 0.2) is 6.54 Å². The molecule has 1 fully saturated rings. The first-order valence-corrected chi connectivity index (χ1v) is 10.5. The van der Waals surface area contributed by atoms with Crippen molar-refractivity contribution in [3.05, 3.63) is 41.0 Å². The lowest BCUT2D eigenvalue weighted by Gasteiger charge is -2.27. The Labute approximate surface area is 168 Å². The zero-order valence-corrected chi connectivity index (χ0v) is 17.0. The van der Waals surface area contributed by atoms with E-state index in [1.54, 1.807) is 24.4 Å². The highest BCUT2D eigenvalue weighted by molar-refractivity contribution is 7.15. The minimum atomic E-state index is -0.489. The van der Waals surface area contributed by atoms with Gasteiger partial charge in [-0.05, 0) is 37.5 Å². The van der Waals surface area contributed by atoms with E-state index in [0.717, 1.165) is 19.5 Å². The van der Waals surface area contributed by atoms with E-state index in [0.29, 0.717) is 34.2 Å². The van der Waals surface area contributed by atoms with Crippen LogP contribution in [0.5, 0.6) is 0 Å². The fraction of sp³-hybridized carbons (Fsp3) is 0.429. The number of hydrogen-bond donors (Lipinski definition) is 2. The molecule has 150 valence electrons. The molecule has 2 aromatic rings. The molecule has 1 amide bonds. The summed E-state index contributed by atoms with van der Waals surface area (Å²) in [5.74, 6) is -0.318. The van der Waals surface area contributed by atoms with Crippen LogP contribution in [0.1, 0.15) is 37.0 Å². The first-order chi connectivity index (χ1) is 13.5. The second-order valence-electron chi connectivity index (χ2n) is 7.26. The van der Waals surface area contributed by atoms with Gasteiger partial charge < -0.3 is 15.0 Å². The summed E-state index contributed by atoms with van der Waals surface area (Å²) in [6, 6.07) is 5.93. The van der Waals surface area contributed by atoms with E-state index in [1.165, 1.54) is 34.8 Å². The summed E-state index contributed by atoms with van der Waals surface area (Å²) in [5.41, 5.74) is 1.67. The maximum Gasteiger partial charge on any atom is 0.341 e. The topological polar surface area (TPSA) is 59.8 Å². The summed E-state index contributed by atoms with van der Waals surface area (Å²) in [7, 11) is 0. The lowest BCUT2D eigenvalue weighted by molar-refractivity contribution is -0.900. The number of carbonyl (C=O) groups is 2. The van der Waals surface area contributed by atoms with Crippen molar-refractivity contribution >= 4 is 28.2 Å². The highest BCUT2D eigenvalue weighted by atomic mass is 32.1. The Morgan fingerprint density at radius 3 is 2.75 bits per heavy atom. The largest absolute Gasteiger partial charge is 0.462 e. The van der Waals surface area contributed by atoms with Gasteiger partial charge in [-0.3, -0.25) is 4.79 Å². The maximum atomic E-state index is 13.3. The Morgan fingerprint density at radius 2 is 2.07 bits per heavy atom. The number of carbonyl (C=O) groups excluding carboxylic acids is 2. The fourth-order valence-corrected chi connectivity index (χ4v) is 4.63. The molecule has 1 saturated heterocycles. The van der Waals surface area contributed by atoms with Crippen molar-refractivity contribution in [2.45, 2.75) is 26.7 Å². The van der Waals surface area contributed by atoms with Crippen LogP contribution in [0.15, 0.2) is 29.6 Å². The third-order valence-corrected chi connectivity index (χ3v) is 5.85. The van der Waals surface area contributed by atoms with Gasteiger partial charge in [0.2, 0.25) is 0 Å². The SMILES string of the molecule is CCOC(=O)c1c(-c2ccc(F)cc2)csc1NC(=O)C[NH+]1CCC[C@@H](C)C1. The molecule has 1 aliphatic rings. The Bertz CT molecular complexity index is 835. The molecule has 5 nitrogen and oxygen atoms in total. The molecule has 1 aromatic carbocycles. The van der Waals surface area contributed by atoms with Crippen molar-refractivity contribution in [2.75, 3.05) is 31.6 Å². The molecule has 3 rings (SSSR count). The molecule has 7 heteroatoms. The molecule has 28 heavy (non-hydrogen) atoms. The monoisotopic (exact) mass is 405 g/mol. The maximum absolute atomic E-state index is 13.3. The van der Waals surface area contributed by atoms with Gasteiger partial charge in [-0.25, -0.2) is 9.18 Å². The summed E-state index contributed by atoms with van der Waals surface area (Å²) in [4.78, 5) is 26.4. The number of halogens is 1. The number of esters is 1.